The average molecular weight is 242 g/mol. The van der Waals surface area contributed by atoms with Crippen LogP contribution in [0.4, 0.5) is 4.79 Å². The van der Waals surface area contributed by atoms with E-state index in [4.69, 9.17) is 10.5 Å². The molecule has 0 aromatic rings. The zero-order chi connectivity index (χ0) is 13.1. The molecule has 0 aromatic carbocycles. The van der Waals surface area contributed by atoms with Crippen LogP contribution >= 0.6 is 0 Å². The van der Waals surface area contributed by atoms with Crippen molar-refractivity contribution in [1.29, 1.82) is 0 Å². The minimum absolute atomic E-state index is 0.331. The molecule has 1 fully saturated rings. The van der Waals surface area contributed by atoms with Crippen LogP contribution in [-0.2, 0) is 4.74 Å². The van der Waals surface area contributed by atoms with E-state index in [-0.39, 0.29) is 11.6 Å². The second-order valence-corrected chi connectivity index (χ2v) is 6.51. The molecule has 0 spiro atoms. The highest BCUT2D eigenvalue weighted by molar-refractivity contribution is 5.67. The highest BCUT2D eigenvalue weighted by atomic mass is 16.6. The number of alkyl carbamates (subject to hydrolysis) is 1. The van der Waals surface area contributed by atoms with E-state index >= 15 is 0 Å². The number of ether oxygens (including phenoxy) is 1. The van der Waals surface area contributed by atoms with Gasteiger partial charge in [-0.25, -0.2) is 4.79 Å². The van der Waals surface area contributed by atoms with Crippen molar-refractivity contribution in [3.63, 3.8) is 0 Å². The molecule has 0 radical (unpaired) electrons. The first kappa shape index (κ1) is 14.3. The number of nitrogens with one attached hydrogen (secondary N) is 1. The van der Waals surface area contributed by atoms with Gasteiger partial charge >= 0.3 is 6.09 Å². The van der Waals surface area contributed by atoms with Gasteiger partial charge in [0.05, 0.1) is 0 Å². The van der Waals surface area contributed by atoms with Crippen molar-refractivity contribution >= 4 is 6.09 Å². The van der Waals surface area contributed by atoms with Crippen molar-refractivity contribution in [2.24, 2.45) is 11.7 Å². The number of hydrogen-bond donors (Lipinski definition) is 2. The molecule has 0 aromatic heterocycles. The monoisotopic (exact) mass is 242 g/mol. The molecule has 1 aliphatic rings. The van der Waals surface area contributed by atoms with E-state index < -0.39 is 5.60 Å². The average Bonchev–Trinajstić information content (AvgIpc) is 2.06. The molecule has 0 saturated heterocycles. The van der Waals surface area contributed by atoms with E-state index in [0.717, 1.165) is 12.3 Å². The van der Waals surface area contributed by atoms with Gasteiger partial charge in [-0.1, -0.05) is 19.3 Å². The third-order valence-corrected chi connectivity index (χ3v) is 3.02. The zero-order valence-electron chi connectivity index (χ0n) is 11.5. The second kappa shape index (κ2) is 5.25. The lowest BCUT2D eigenvalue weighted by Gasteiger charge is -2.34. The van der Waals surface area contributed by atoms with Crippen LogP contribution in [0.15, 0.2) is 0 Å². The van der Waals surface area contributed by atoms with Crippen LogP contribution in [0.3, 0.4) is 0 Å². The van der Waals surface area contributed by atoms with Crippen LogP contribution in [-0.4, -0.2) is 23.8 Å². The van der Waals surface area contributed by atoms with Gasteiger partial charge in [-0.2, -0.15) is 0 Å². The zero-order valence-corrected chi connectivity index (χ0v) is 11.5. The summed E-state index contributed by atoms with van der Waals surface area (Å²) in [6.45, 7) is 8.01. The van der Waals surface area contributed by atoms with E-state index in [1.807, 2.05) is 27.7 Å². The Balaban J connectivity index is 2.25. The van der Waals surface area contributed by atoms with Crippen LogP contribution in [0.25, 0.3) is 0 Å². The normalized spacial score (nSPS) is 20.3. The smallest absolute Gasteiger partial charge is 0.407 e. The van der Waals surface area contributed by atoms with Crippen LogP contribution in [0, 0.1) is 5.92 Å². The van der Waals surface area contributed by atoms with Crippen molar-refractivity contribution in [3.8, 4) is 0 Å². The summed E-state index contributed by atoms with van der Waals surface area (Å²) in [5.74, 6) is 0.741. The molecule has 1 atom stereocenters. The predicted octanol–water partition coefficient (Wildman–Crippen LogP) is 2.42. The fourth-order valence-corrected chi connectivity index (χ4v) is 2.02. The maximum absolute atomic E-state index is 11.5. The van der Waals surface area contributed by atoms with Gasteiger partial charge in [0, 0.05) is 12.1 Å². The Morgan fingerprint density at radius 3 is 2.35 bits per heavy atom. The molecular weight excluding hydrogens is 216 g/mol. The van der Waals surface area contributed by atoms with Crippen molar-refractivity contribution < 1.29 is 9.53 Å². The topological polar surface area (TPSA) is 64.3 Å². The van der Waals surface area contributed by atoms with E-state index in [1.54, 1.807) is 0 Å². The van der Waals surface area contributed by atoms with Crippen LogP contribution in [0.2, 0.25) is 0 Å². The van der Waals surface area contributed by atoms with Crippen LogP contribution in [0.5, 0.6) is 0 Å². The highest BCUT2D eigenvalue weighted by Crippen LogP contribution is 2.32. The molecule has 4 nitrogen and oxygen atoms in total. The Kier molecular flexibility index (Phi) is 4.42. The van der Waals surface area contributed by atoms with Gasteiger partial charge in [-0.15, -0.1) is 0 Å². The number of carbonyl (C=O) groups excluding carboxylic acids is 1. The van der Waals surface area contributed by atoms with Gasteiger partial charge in [0.15, 0.2) is 0 Å². The molecule has 0 heterocycles. The summed E-state index contributed by atoms with van der Waals surface area (Å²) in [5.41, 5.74) is 5.38. The molecule has 1 saturated carbocycles. The Labute approximate surface area is 104 Å². The third kappa shape index (κ3) is 5.91. The summed E-state index contributed by atoms with van der Waals surface area (Å²) in [4.78, 5) is 11.5. The SMILES string of the molecule is CC(N)(CNC(=O)OC(C)(C)C)CC1CCC1. The molecule has 1 unspecified atom stereocenters. The van der Waals surface area contributed by atoms with E-state index in [0.29, 0.717) is 6.54 Å². The Morgan fingerprint density at radius 1 is 1.35 bits per heavy atom. The van der Waals surface area contributed by atoms with E-state index in [1.165, 1.54) is 19.3 Å². The number of amides is 1. The van der Waals surface area contributed by atoms with Crippen molar-refractivity contribution in [1.82, 2.24) is 5.32 Å². The van der Waals surface area contributed by atoms with Crippen LogP contribution < -0.4 is 11.1 Å². The number of hydrogen-bond acceptors (Lipinski definition) is 3. The second-order valence-electron chi connectivity index (χ2n) is 6.51. The third-order valence-electron chi connectivity index (χ3n) is 3.02. The molecule has 1 aliphatic carbocycles. The molecule has 0 bridgehead atoms. The fourth-order valence-electron chi connectivity index (χ4n) is 2.02. The van der Waals surface area contributed by atoms with E-state index in [9.17, 15) is 4.79 Å². The molecule has 1 rings (SSSR count). The number of nitrogens with two attached hydrogens (primary N) is 1. The summed E-state index contributed by atoms with van der Waals surface area (Å²) in [6, 6.07) is 0. The van der Waals surface area contributed by atoms with Gasteiger partial charge in [-0.05, 0) is 40.0 Å². The summed E-state index contributed by atoms with van der Waals surface area (Å²) in [7, 11) is 0. The van der Waals surface area contributed by atoms with E-state index in [2.05, 4.69) is 5.32 Å². The van der Waals surface area contributed by atoms with Crippen molar-refractivity contribution in [2.45, 2.75) is 64.5 Å². The lowest BCUT2D eigenvalue weighted by atomic mass is 9.77. The Hall–Kier alpha value is -0.770. The Morgan fingerprint density at radius 2 is 1.94 bits per heavy atom. The van der Waals surface area contributed by atoms with Gasteiger partial charge in [0.1, 0.15) is 5.60 Å². The summed E-state index contributed by atoms with van der Waals surface area (Å²) in [6.07, 6.45) is 4.46. The maximum Gasteiger partial charge on any atom is 0.407 e. The van der Waals surface area contributed by atoms with Crippen molar-refractivity contribution in [2.75, 3.05) is 6.54 Å². The van der Waals surface area contributed by atoms with Crippen molar-refractivity contribution in [3.05, 3.63) is 0 Å². The lowest BCUT2D eigenvalue weighted by Crippen LogP contribution is -2.50. The summed E-state index contributed by atoms with van der Waals surface area (Å²) >= 11 is 0. The fraction of sp³-hybridized carbons (Fsp3) is 0.923. The van der Waals surface area contributed by atoms with Gasteiger partial charge < -0.3 is 15.8 Å². The van der Waals surface area contributed by atoms with Gasteiger partial charge in [0.25, 0.3) is 0 Å². The van der Waals surface area contributed by atoms with Gasteiger partial charge in [0.2, 0.25) is 0 Å². The summed E-state index contributed by atoms with van der Waals surface area (Å²) < 4.78 is 5.17. The van der Waals surface area contributed by atoms with Crippen LogP contribution in [0.1, 0.15) is 53.4 Å². The minimum Gasteiger partial charge on any atom is -0.444 e. The minimum atomic E-state index is -0.455. The summed E-state index contributed by atoms with van der Waals surface area (Å²) in [5, 5.41) is 2.75. The predicted molar refractivity (Wildman–Crippen MR) is 68.8 cm³/mol. The molecule has 4 heteroatoms. The molecule has 0 aliphatic heterocycles. The first-order valence-electron chi connectivity index (χ1n) is 6.44. The molecular formula is C13H26N2O2. The maximum atomic E-state index is 11.5. The first-order chi connectivity index (χ1) is 7.68. The van der Waals surface area contributed by atoms with Gasteiger partial charge in [-0.3, -0.25) is 0 Å². The number of carbonyl (C=O) groups is 1. The largest absolute Gasteiger partial charge is 0.444 e. The molecule has 3 N–H and O–H groups in total. The molecule has 100 valence electrons. The number of rotatable bonds is 4. The lowest BCUT2D eigenvalue weighted by molar-refractivity contribution is 0.0511. The quantitative estimate of drug-likeness (QED) is 0.795. The highest BCUT2D eigenvalue weighted by Gasteiger charge is 2.28. The standard InChI is InChI=1S/C13H26N2O2/c1-12(2,3)17-11(16)15-9-13(4,14)8-10-6-5-7-10/h10H,5-9,14H2,1-4H3,(H,15,16). The first-order valence-corrected chi connectivity index (χ1v) is 6.44. The molecule has 17 heavy (non-hydrogen) atoms. The Bertz CT molecular complexity index is 265. The molecule has 1 amide bonds.